The van der Waals surface area contributed by atoms with E-state index in [0.29, 0.717) is 34.7 Å². The summed E-state index contributed by atoms with van der Waals surface area (Å²) in [5.74, 6) is -1.82. The summed E-state index contributed by atoms with van der Waals surface area (Å²) in [4.78, 5) is 39.7. The average molecular weight is 472 g/mol. The van der Waals surface area contributed by atoms with Crippen LogP contribution < -0.4 is 9.64 Å². The first-order valence-electron chi connectivity index (χ1n) is 11.2. The van der Waals surface area contributed by atoms with Crippen molar-refractivity contribution < 1.29 is 29.0 Å². The highest BCUT2D eigenvalue weighted by atomic mass is 16.5. The molecule has 7 heteroatoms. The van der Waals surface area contributed by atoms with E-state index in [4.69, 9.17) is 9.47 Å². The third-order valence-corrected chi connectivity index (χ3v) is 5.79. The zero-order valence-corrected chi connectivity index (χ0v) is 19.4. The molecule has 1 aliphatic heterocycles. The largest absolute Gasteiger partial charge is 0.507 e. The van der Waals surface area contributed by atoms with Crippen LogP contribution in [0.2, 0.25) is 0 Å². The summed E-state index contributed by atoms with van der Waals surface area (Å²) in [5.41, 5.74) is 2.14. The molecule has 0 radical (unpaired) electrons. The van der Waals surface area contributed by atoms with Crippen LogP contribution >= 0.6 is 0 Å². The third-order valence-electron chi connectivity index (χ3n) is 5.79. The maximum Gasteiger partial charge on any atom is 0.310 e. The summed E-state index contributed by atoms with van der Waals surface area (Å²) in [6, 6.07) is 21.8. The van der Waals surface area contributed by atoms with Gasteiger partial charge in [0.15, 0.2) is 0 Å². The van der Waals surface area contributed by atoms with Gasteiger partial charge < -0.3 is 14.6 Å². The quantitative estimate of drug-likeness (QED) is 0.237. The van der Waals surface area contributed by atoms with Crippen molar-refractivity contribution in [3.05, 3.63) is 101 Å². The molecule has 1 unspecified atom stereocenters. The minimum Gasteiger partial charge on any atom is -0.507 e. The maximum atomic E-state index is 13.3. The number of methoxy groups -OCH3 is 1. The molecule has 0 aliphatic carbocycles. The maximum absolute atomic E-state index is 13.3. The van der Waals surface area contributed by atoms with E-state index in [2.05, 4.69) is 0 Å². The number of amides is 1. The second kappa shape index (κ2) is 10.3. The van der Waals surface area contributed by atoms with Crippen LogP contribution in [0.1, 0.15) is 29.7 Å². The second-order valence-electron chi connectivity index (χ2n) is 7.93. The molecule has 1 saturated heterocycles. The number of ketones is 1. The number of esters is 1. The number of rotatable bonds is 7. The number of benzene rings is 3. The number of aliphatic hydroxyl groups excluding tert-OH is 1. The molecule has 0 spiro atoms. The highest BCUT2D eigenvalue weighted by Gasteiger charge is 2.47. The number of Topliss-reactive ketones (excluding diaryl/α,β-unsaturated/α-hetero) is 1. The minimum atomic E-state index is -0.850. The van der Waals surface area contributed by atoms with Gasteiger partial charge in [0.1, 0.15) is 11.5 Å². The van der Waals surface area contributed by atoms with Gasteiger partial charge >= 0.3 is 5.97 Å². The number of para-hydroxylation sites is 1. The number of hydrogen-bond donors (Lipinski definition) is 1. The van der Waals surface area contributed by atoms with Crippen LogP contribution in [-0.4, -0.2) is 36.5 Å². The number of nitrogens with zero attached hydrogens (tertiary/aromatic N) is 1. The van der Waals surface area contributed by atoms with E-state index in [1.807, 2.05) is 6.07 Å². The Morgan fingerprint density at radius 1 is 0.943 bits per heavy atom. The molecule has 7 nitrogen and oxygen atoms in total. The summed E-state index contributed by atoms with van der Waals surface area (Å²) in [7, 11) is 1.47. The fourth-order valence-electron chi connectivity index (χ4n) is 4.19. The molecule has 4 rings (SSSR count). The monoisotopic (exact) mass is 471 g/mol. The van der Waals surface area contributed by atoms with Gasteiger partial charge in [-0.05, 0) is 42.3 Å². The molecule has 3 aromatic rings. The van der Waals surface area contributed by atoms with E-state index >= 15 is 0 Å². The third kappa shape index (κ3) is 4.66. The van der Waals surface area contributed by atoms with E-state index in [1.165, 1.54) is 12.0 Å². The molecule has 1 aliphatic rings. The zero-order chi connectivity index (χ0) is 24.9. The van der Waals surface area contributed by atoms with Crippen LogP contribution in [0.5, 0.6) is 5.75 Å². The first kappa shape index (κ1) is 23.8. The number of carbonyl (C=O) groups excluding carboxylic acids is 3. The van der Waals surface area contributed by atoms with Gasteiger partial charge in [-0.2, -0.15) is 0 Å². The highest BCUT2D eigenvalue weighted by molar-refractivity contribution is 6.51. The SMILES string of the molecule is CCOC(=O)Cc1ccc(N2C(=O)C(=O)/C(=C(\O)c3ccccc3OC)C2c2ccccc2)cc1. The predicted molar refractivity (Wildman–Crippen MR) is 131 cm³/mol. The van der Waals surface area contributed by atoms with E-state index in [-0.39, 0.29) is 23.7 Å². The number of hydrogen-bond acceptors (Lipinski definition) is 6. The van der Waals surface area contributed by atoms with Gasteiger partial charge in [-0.1, -0.05) is 54.6 Å². The molecule has 0 bridgehead atoms. The second-order valence-corrected chi connectivity index (χ2v) is 7.93. The van der Waals surface area contributed by atoms with Crippen LogP contribution in [0.25, 0.3) is 5.76 Å². The molecule has 35 heavy (non-hydrogen) atoms. The van der Waals surface area contributed by atoms with Crippen LogP contribution in [0.4, 0.5) is 5.69 Å². The van der Waals surface area contributed by atoms with Gasteiger partial charge in [0.2, 0.25) is 0 Å². The lowest BCUT2D eigenvalue weighted by Crippen LogP contribution is -2.29. The lowest BCUT2D eigenvalue weighted by Gasteiger charge is -2.25. The topological polar surface area (TPSA) is 93.1 Å². The van der Waals surface area contributed by atoms with Gasteiger partial charge in [0, 0.05) is 5.69 Å². The summed E-state index contributed by atoms with van der Waals surface area (Å²) < 4.78 is 10.4. The first-order chi connectivity index (χ1) is 17.0. The molecule has 1 atom stereocenters. The number of ether oxygens (including phenoxy) is 2. The van der Waals surface area contributed by atoms with E-state index < -0.39 is 17.7 Å². The summed E-state index contributed by atoms with van der Waals surface area (Å²) in [5, 5.41) is 11.3. The molecule has 3 aromatic carbocycles. The Hall–Kier alpha value is -4.39. The molecule has 1 N–H and O–H groups in total. The van der Waals surface area contributed by atoms with Crippen LogP contribution in [0.3, 0.4) is 0 Å². The van der Waals surface area contributed by atoms with Gasteiger partial charge in [0.25, 0.3) is 11.7 Å². The van der Waals surface area contributed by atoms with Crippen molar-refractivity contribution in [2.24, 2.45) is 0 Å². The normalized spacial score (nSPS) is 16.9. The Balaban J connectivity index is 1.81. The van der Waals surface area contributed by atoms with Crippen molar-refractivity contribution in [1.82, 2.24) is 0 Å². The Bertz CT molecular complexity index is 1280. The van der Waals surface area contributed by atoms with Crippen molar-refractivity contribution in [3.63, 3.8) is 0 Å². The number of aliphatic hydroxyl groups is 1. The zero-order valence-electron chi connectivity index (χ0n) is 19.4. The predicted octanol–water partition coefficient (Wildman–Crippen LogP) is 4.43. The van der Waals surface area contributed by atoms with Crippen molar-refractivity contribution in [3.8, 4) is 5.75 Å². The Labute approximate surface area is 203 Å². The molecular formula is C28H25NO6. The molecule has 0 aromatic heterocycles. The number of anilines is 1. The van der Waals surface area contributed by atoms with Crippen molar-refractivity contribution >= 4 is 29.1 Å². The lowest BCUT2D eigenvalue weighted by molar-refractivity contribution is -0.142. The molecule has 1 amide bonds. The highest BCUT2D eigenvalue weighted by Crippen LogP contribution is 2.43. The van der Waals surface area contributed by atoms with Crippen molar-refractivity contribution in [2.45, 2.75) is 19.4 Å². The molecule has 1 heterocycles. The Kier molecular flexibility index (Phi) is 6.96. The van der Waals surface area contributed by atoms with E-state index in [0.717, 1.165) is 0 Å². The summed E-state index contributed by atoms with van der Waals surface area (Å²) >= 11 is 0. The lowest BCUT2D eigenvalue weighted by atomic mass is 9.95. The smallest absolute Gasteiger partial charge is 0.310 e. The molecular weight excluding hydrogens is 446 g/mol. The fourth-order valence-corrected chi connectivity index (χ4v) is 4.19. The van der Waals surface area contributed by atoms with Crippen LogP contribution in [0.15, 0.2) is 84.4 Å². The van der Waals surface area contributed by atoms with Crippen molar-refractivity contribution in [2.75, 3.05) is 18.6 Å². The number of carbonyl (C=O) groups is 3. The first-order valence-corrected chi connectivity index (χ1v) is 11.2. The molecule has 1 fully saturated rings. The van der Waals surface area contributed by atoms with Gasteiger partial charge in [-0.15, -0.1) is 0 Å². The van der Waals surface area contributed by atoms with E-state index in [1.54, 1.807) is 79.7 Å². The molecule has 178 valence electrons. The minimum absolute atomic E-state index is 0.0266. The van der Waals surface area contributed by atoms with Gasteiger partial charge in [-0.3, -0.25) is 19.3 Å². The Morgan fingerprint density at radius 2 is 1.60 bits per heavy atom. The van der Waals surface area contributed by atoms with Crippen LogP contribution in [-0.2, 0) is 25.5 Å². The summed E-state index contributed by atoms with van der Waals surface area (Å²) in [6.45, 7) is 2.04. The van der Waals surface area contributed by atoms with E-state index in [9.17, 15) is 19.5 Å². The van der Waals surface area contributed by atoms with Crippen molar-refractivity contribution in [1.29, 1.82) is 0 Å². The average Bonchev–Trinajstić information content (AvgIpc) is 3.15. The standard InChI is InChI=1S/C28H25NO6/c1-3-35-23(30)17-18-13-15-20(16-14-18)29-25(19-9-5-4-6-10-19)24(27(32)28(29)33)26(31)21-11-7-8-12-22(21)34-2/h4-16,25,31H,3,17H2,1-2H3/b26-24-. The van der Waals surface area contributed by atoms with Gasteiger partial charge in [0.05, 0.1) is 37.3 Å². The molecule has 0 saturated carbocycles. The van der Waals surface area contributed by atoms with Crippen LogP contribution in [0, 0.1) is 0 Å². The summed E-state index contributed by atoms with van der Waals surface area (Å²) in [6.07, 6.45) is 0.100. The Morgan fingerprint density at radius 3 is 2.26 bits per heavy atom. The van der Waals surface area contributed by atoms with Gasteiger partial charge in [-0.25, -0.2) is 0 Å². The fraction of sp³-hybridized carbons (Fsp3) is 0.179.